The first kappa shape index (κ1) is 42.6. The number of carbonyl (C=O) groups is 4. The van der Waals surface area contributed by atoms with Gasteiger partial charge in [-0.2, -0.15) is 0 Å². The molecule has 0 saturated heterocycles. The second kappa shape index (κ2) is 27.6. The van der Waals surface area contributed by atoms with Crippen LogP contribution in [0.5, 0.6) is 0 Å². The number of H-pyrrole nitrogens is 1. The first-order chi connectivity index (χ1) is 17.8. The molecule has 0 aliphatic carbocycles. The van der Waals surface area contributed by atoms with Gasteiger partial charge in [0.25, 0.3) is 0 Å². The summed E-state index contributed by atoms with van der Waals surface area (Å²) in [5, 5.41) is 7.99. The van der Waals surface area contributed by atoms with Gasteiger partial charge in [-0.3, -0.25) is 9.59 Å². The summed E-state index contributed by atoms with van der Waals surface area (Å²) in [6.45, 7) is 21.8. The van der Waals surface area contributed by atoms with Gasteiger partial charge < -0.3 is 30.4 Å². The smallest absolute Gasteiger partial charge is 0.355 e. The van der Waals surface area contributed by atoms with Crippen molar-refractivity contribution in [3.05, 3.63) is 22.5 Å². The highest BCUT2D eigenvalue weighted by Gasteiger charge is 2.26. The maximum absolute atomic E-state index is 12.0. The van der Waals surface area contributed by atoms with E-state index in [4.69, 9.17) is 9.47 Å². The van der Waals surface area contributed by atoms with Crippen LogP contribution in [0.25, 0.3) is 0 Å². The average Bonchev–Trinajstić information content (AvgIpc) is 3.14. The fourth-order valence-corrected chi connectivity index (χ4v) is 2.31. The largest absolute Gasteiger partial charge is 0.462 e. The van der Waals surface area contributed by atoms with Crippen LogP contribution in [0.4, 0.5) is 0 Å². The maximum atomic E-state index is 12.0. The van der Waals surface area contributed by atoms with Crippen molar-refractivity contribution in [3.8, 4) is 0 Å². The molecular weight excluding hydrogens is 507 g/mol. The predicted molar refractivity (Wildman–Crippen MR) is 160 cm³/mol. The molecule has 1 rings (SSSR count). The summed E-state index contributed by atoms with van der Waals surface area (Å²) in [6, 6.07) is 0. The van der Waals surface area contributed by atoms with E-state index >= 15 is 0 Å². The highest BCUT2D eigenvalue weighted by molar-refractivity contribution is 7.16. The zero-order valence-corrected chi connectivity index (χ0v) is 27.0. The number of amides is 2. The van der Waals surface area contributed by atoms with Gasteiger partial charge in [-0.05, 0) is 60.6 Å². The van der Waals surface area contributed by atoms with E-state index in [9.17, 15) is 19.2 Å². The summed E-state index contributed by atoms with van der Waals surface area (Å²) in [5.41, 5.74) is 1.30. The van der Waals surface area contributed by atoms with Gasteiger partial charge in [0.2, 0.25) is 12.3 Å². The monoisotopic (exact) mass is 562 g/mol. The molecule has 1 aromatic heterocycles. The minimum absolute atomic E-state index is 0.0360. The lowest BCUT2D eigenvalue weighted by Crippen LogP contribution is -2.24. The molecule has 0 aliphatic heterocycles. The van der Waals surface area contributed by atoms with E-state index in [1.807, 2.05) is 20.9 Å². The molecule has 0 bridgehead atoms. The third kappa shape index (κ3) is 25.2. The van der Waals surface area contributed by atoms with E-state index in [1.165, 1.54) is 13.3 Å². The Hall–Kier alpha value is -2.45. The number of hydrogen-bond donors (Lipinski definition) is 4. The van der Waals surface area contributed by atoms with E-state index in [2.05, 4.69) is 44.0 Å². The number of ether oxygens (including phenoxy) is 2. The fraction of sp³-hybridized carbons (Fsp3) is 0.704. The molecule has 38 heavy (non-hydrogen) atoms. The summed E-state index contributed by atoms with van der Waals surface area (Å²) in [4.78, 5) is 46.7. The highest BCUT2D eigenvalue weighted by Crippen LogP contribution is 2.21. The van der Waals surface area contributed by atoms with Crippen LogP contribution in [0, 0.1) is 13.8 Å². The number of nitrogens with one attached hydrogen (secondary N) is 4. The highest BCUT2D eigenvalue weighted by atomic mass is 31.0. The molecule has 1 atom stereocenters. The molecule has 224 valence electrons. The molecule has 1 aromatic rings. The van der Waals surface area contributed by atoms with Crippen molar-refractivity contribution >= 4 is 33.5 Å². The minimum Gasteiger partial charge on any atom is -0.462 e. The maximum Gasteiger partial charge on any atom is 0.355 e. The van der Waals surface area contributed by atoms with Crippen LogP contribution >= 0.6 is 9.24 Å². The molecule has 0 aromatic carbocycles. The normalized spacial score (nSPS) is 9.29. The van der Waals surface area contributed by atoms with Gasteiger partial charge in [-0.1, -0.05) is 34.1 Å². The number of rotatable bonds is 9. The van der Waals surface area contributed by atoms with Gasteiger partial charge in [-0.25, -0.2) is 9.59 Å². The van der Waals surface area contributed by atoms with Gasteiger partial charge in [0, 0.05) is 32.0 Å². The Bertz CT molecular complexity index is 759. The molecule has 1 unspecified atom stereocenters. The van der Waals surface area contributed by atoms with Crippen LogP contribution in [0.1, 0.15) is 107 Å². The van der Waals surface area contributed by atoms with Crippen LogP contribution in [0.15, 0.2) is 0 Å². The molecule has 11 heteroatoms. The van der Waals surface area contributed by atoms with E-state index < -0.39 is 17.5 Å². The molecule has 1 heterocycles. The SMILES string of the molecule is CC.CC(=O)NCCCNC=O.CCC.CCOC(=O)c1c(C)[nH]c(C(=O)OC(C)(C)C)c1C.CNCP. The van der Waals surface area contributed by atoms with Crippen molar-refractivity contribution in [3.63, 3.8) is 0 Å². The standard InChI is InChI=1S/C14H21NO4.C6H12N2O2.C3H8.C2H8NP.C2H6/c1-7-18-12(16)10-8(2)11(15-9(10)3)13(17)19-14(4,5)6;1-6(10)8-4-2-3-7-5-9;1-3-2;1-3-2-4;1-2/h15H,7H2,1-6H3;5H,2-4H2,1H3,(H,7,9)(H,8,10);3H2,1-2H3;3H,2,4H2,1H3;1-2H3. The molecule has 0 radical (unpaired) electrons. The number of aromatic nitrogens is 1. The van der Waals surface area contributed by atoms with E-state index in [-0.39, 0.29) is 5.91 Å². The Balaban J connectivity index is -0.000000254. The van der Waals surface area contributed by atoms with Gasteiger partial charge in [0.05, 0.1) is 12.2 Å². The van der Waals surface area contributed by atoms with Gasteiger partial charge >= 0.3 is 11.9 Å². The number of esters is 2. The number of carbonyl (C=O) groups excluding carboxylic acids is 4. The van der Waals surface area contributed by atoms with Crippen LogP contribution in [-0.2, 0) is 19.1 Å². The topological polar surface area (TPSA) is 139 Å². The van der Waals surface area contributed by atoms with Crippen LogP contribution in [0.3, 0.4) is 0 Å². The molecule has 0 spiro atoms. The molecular formula is C27H55N4O6P. The quantitative estimate of drug-likeness (QED) is 0.150. The van der Waals surface area contributed by atoms with Gasteiger partial charge in [0.1, 0.15) is 11.3 Å². The molecule has 2 amide bonds. The zero-order valence-electron chi connectivity index (χ0n) is 25.8. The second-order valence-corrected chi connectivity index (χ2v) is 8.93. The van der Waals surface area contributed by atoms with Crippen LogP contribution in [0.2, 0.25) is 0 Å². The third-order valence-electron chi connectivity index (χ3n) is 3.68. The summed E-state index contributed by atoms with van der Waals surface area (Å²) >= 11 is 0. The van der Waals surface area contributed by atoms with Gasteiger partial charge in [0.15, 0.2) is 0 Å². The predicted octanol–water partition coefficient (Wildman–Crippen LogP) is 4.50. The Morgan fingerprint density at radius 1 is 1.03 bits per heavy atom. The zero-order chi connectivity index (χ0) is 30.7. The molecule has 0 fully saturated rings. The van der Waals surface area contributed by atoms with E-state index in [0.29, 0.717) is 48.6 Å². The van der Waals surface area contributed by atoms with Crippen molar-refractivity contribution in [2.45, 2.75) is 94.6 Å². The van der Waals surface area contributed by atoms with Crippen molar-refractivity contribution in [2.75, 3.05) is 33.0 Å². The molecule has 4 N–H and O–H groups in total. The fourth-order valence-electron chi connectivity index (χ4n) is 2.31. The Morgan fingerprint density at radius 2 is 1.53 bits per heavy atom. The first-order valence-electron chi connectivity index (χ1n) is 13.1. The van der Waals surface area contributed by atoms with Crippen molar-refractivity contribution in [2.24, 2.45) is 0 Å². The summed E-state index contributed by atoms with van der Waals surface area (Å²) in [5.74, 6) is -0.932. The number of hydrogen-bond acceptors (Lipinski definition) is 7. The first-order valence-corrected chi connectivity index (χ1v) is 13.9. The van der Waals surface area contributed by atoms with E-state index in [1.54, 1.807) is 41.5 Å². The Morgan fingerprint density at radius 3 is 1.89 bits per heavy atom. The molecule has 10 nitrogen and oxygen atoms in total. The second-order valence-electron chi connectivity index (χ2n) is 8.52. The minimum atomic E-state index is -0.577. The molecule has 0 saturated carbocycles. The van der Waals surface area contributed by atoms with Crippen molar-refractivity contribution in [1.29, 1.82) is 0 Å². The van der Waals surface area contributed by atoms with Crippen molar-refractivity contribution < 1.29 is 28.7 Å². The van der Waals surface area contributed by atoms with Gasteiger partial charge in [-0.15, -0.1) is 9.24 Å². The van der Waals surface area contributed by atoms with Crippen LogP contribution < -0.4 is 16.0 Å². The Labute approximate surface area is 233 Å². The Kier molecular flexibility index (Phi) is 30.9. The lowest BCUT2D eigenvalue weighted by Gasteiger charge is -2.19. The summed E-state index contributed by atoms with van der Waals surface area (Å²) < 4.78 is 10.3. The lowest BCUT2D eigenvalue weighted by atomic mass is 10.1. The van der Waals surface area contributed by atoms with Crippen molar-refractivity contribution in [1.82, 2.24) is 20.9 Å². The summed E-state index contributed by atoms with van der Waals surface area (Å²) in [6.07, 6.45) is 3.66. The number of aromatic amines is 1. The average molecular weight is 563 g/mol. The van der Waals surface area contributed by atoms with E-state index in [0.717, 1.165) is 12.7 Å². The van der Waals surface area contributed by atoms with Crippen LogP contribution in [-0.4, -0.2) is 67.9 Å². The number of aryl methyl sites for hydroxylation is 1. The molecule has 0 aliphatic rings. The third-order valence-corrected chi connectivity index (χ3v) is 4.09. The summed E-state index contributed by atoms with van der Waals surface area (Å²) in [7, 11) is 4.45. The lowest BCUT2D eigenvalue weighted by molar-refractivity contribution is -0.118.